The van der Waals surface area contributed by atoms with Gasteiger partial charge in [-0.3, -0.25) is 4.79 Å². The highest BCUT2D eigenvalue weighted by molar-refractivity contribution is 6.44. The second-order valence-electron chi connectivity index (χ2n) is 2.74. The zero-order valence-electron chi connectivity index (χ0n) is 7.87. The molecule has 6 heteroatoms. The summed E-state index contributed by atoms with van der Waals surface area (Å²) in [4.78, 5) is 21.2. The molecule has 84 valence electrons. The van der Waals surface area contributed by atoms with E-state index in [1.54, 1.807) is 18.2 Å². The van der Waals surface area contributed by atoms with Crippen LogP contribution in [-0.4, -0.2) is 11.9 Å². The summed E-state index contributed by atoms with van der Waals surface area (Å²) in [7, 11) is 0. The summed E-state index contributed by atoms with van der Waals surface area (Å²) in [6, 6.07) is 4.71. The zero-order chi connectivity index (χ0) is 12.1. The van der Waals surface area contributed by atoms with Gasteiger partial charge in [-0.25, -0.2) is 0 Å². The molecule has 0 heterocycles. The molecule has 1 aromatic rings. The molecular formula is C10H6Cl2NO3-. The Hall–Kier alpha value is -1.52. The first-order valence-corrected chi connectivity index (χ1v) is 4.90. The maximum Gasteiger partial charge on any atom is 0.248 e. The van der Waals surface area contributed by atoms with Gasteiger partial charge in [0.15, 0.2) is 0 Å². The minimum atomic E-state index is -1.45. The number of carboxylic acids is 1. The molecule has 0 aliphatic carbocycles. The Kier molecular flexibility index (Phi) is 4.34. The van der Waals surface area contributed by atoms with Gasteiger partial charge in [0.1, 0.15) is 0 Å². The predicted octanol–water partition coefficient (Wildman–Crippen LogP) is 1.24. The molecule has 0 saturated carbocycles. The number of halogens is 2. The molecule has 0 aliphatic heterocycles. The van der Waals surface area contributed by atoms with E-state index >= 15 is 0 Å². The maximum atomic E-state index is 11.2. The fourth-order valence-corrected chi connectivity index (χ4v) is 1.27. The van der Waals surface area contributed by atoms with Crippen molar-refractivity contribution in [1.82, 2.24) is 0 Å². The van der Waals surface area contributed by atoms with E-state index in [0.717, 1.165) is 6.08 Å². The second-order valence-corrected chi connectivity index (χ2v) is 3.53. The van der Waals surface area contributed by atoms with Crippen molar-refractivity contribution >= 4 is 40.8 Å². The van der Waals surface area contributed by atoms with Crippen LogP contribution in [0.5, 0.6) is 0 Å². The van der Waals surface area contributed by atoms with Crippen LogP contribution in [0.15, 0.2) is 30.4 Å². The summed E-state index contributed by atoms with van der Waals surface area (Å²) in [6.07, 6.45) is 1.44. The Morgan fingerprint density at radius 2 is 1.94 bits per heavy atom. The first-order chi connectivity index (χ1) is 7.50. The molecule has 0 atom stereocenters. The third kappa shape index (κ3) is 3.56. The predicted molar refractivity (Wildman–Crippen MR) is 59.2 cm³/mol. The van der Waals surface area contributed by atoms with Gasteiger partial charge in [0.05, 0.1) is 21.7 Å². The van der Waals surface area contributed by atoms with Gasteiger partial charge >= 0.3 is 0 Å². The Balaban J connectivity index is 2.78. The van der Waals surface area contributed by atoms with Crippen LogP contribution in [0.2, 0.25) is 10.0 Å². The molecule has 1 amide bonds. The second kappa shape index (κ2) is 5.53. The highest BCUT2D eigenvalue weighted by atomic mass is 35.5. The standard InChI is InChI=1S/C10H7Cl2NO3/c11-6-2-1-3-7(10(6)12)13-8(14)4-5-9(15)16/h1-5H,(H,13,14)(H,15,16)/p-1. The lowest BCUT2D eigenvalue weighted by molar-refractivity contribution is -0.297. The molecule has 1 N–H and O–H groups in total. The maximum absolute atomic E-state index is 11.2. The smallest absolute Gasteiger partial charge is 0.248 e. The van der Waals surface area contributed by atoms with Gasteiger partial charge in [0.2, 0.25) is 5.91 Å². The van der Waals surface area contributed by atoms with E-state index in [0.29, 0.717) is 16.8 Å². The molecule has 1 aromatic carbocycles. The first-order valence-electron chi connectivity index (χ1n) is 4.15. The summed E-state index contributed by atoms with van der Waals surface area (Å²) in [5, 5.41) is 12.9. The number of benzene rings is 1. The quantitative estimate of drug-likeness (QED) is 0.830. The van der Waals surface area contributed by atoms with E-state index in [1.807, 2.05) is 0 Å². The number of carbonyl (C=O) groups excluding carboxylic acids is 2. The van der Waals surface area contributed by atoms with Crippen molar-refractivity contribution in [2.75, 3.05) is 5.32 Å². The number of amides is 1. The van der Waals surface area contributed by atoms with Crippen LogP contribution >= 0.6 is 23.2 Å². The molecule has 1 rings (SSSR count). The van der Waals surface area contributed by atoms with Crippen LogP contribution in [0.25, 0.3) is 0 Å². The average molecular weight is 259 g/mol. The molecule has 0 unspecified atom stereocenters. The minimum Gasteiger partial charge on any atom is -0.545 e. The van der Waals surface area contributed by atoms with Crippen LogP contribution in [0, 0.1) is 0 Å². The summed E-state index contributed by atoms with van der Waals surface area (Å²) in [5.74, 6) is -2.08. The fourth-order valence-electron chi connectivity index (χ4n) is 0.918. The Morgan fingerprint density at radius 3 is 2.56 bits per heavy atom. The number of nitrogens with one attached hydrogen (secondary N) is 1. The van der Waals surface area contributed by atoms with Crippen molar-refractivity contribution in [2.45, 2.75) is 0 Å². The highest BCUT2D eigenvalue weighted by Gasteiger charge is 2.05. The number of carbonyl (C=O) groups is 2. The molecule has 0 saturated heterocycles. The molecule has 16 heavy (non-hydrogen) atoms. The van der Waals surface area contributed by atoms with E-state index in [-0.39, 0.29) is 5.02 Å². The number of aliphatic carboxylic acids is 1. The van der Waals surface area contributed by atoms with Crippen LogP contribution in [0.1, 0.15) is 0 Å². The van der Waals surface area contributed by atoms with E-state index in [4.69, 9.17) is 23.2 Å². The monoisotopic (exact) mass is 258 g/mol. The molecule has 0 aliphatic rings. The van der Waals surface area contributed by atoms with Gasteiger partial charge in [-0.15, -0.1) is 0 Å². The van der Waals surface area contributed by atoms with E-state index < -0.39 is 11.9 Å². The summed E-state index contributed by atoms with van der Waals surface area (Å²) in [6.45, 7) is 0. The normalized spacial score (nSPS) is 10.4. The number of anilines is 1. The molecule has 4 nitrogen and oxygen atoms in total. The third-order valence-corrected chi connectivity index (χ3v) is 2.40. The summed E-state index contributed by atoms with van der Waals surface area (Å²) >= 11 is 11.5. The van der Waals surface area contributed by atoms with Gasteiger partial charge in [0, 0.05) is 6.08 Å². The molecular weight excluding hydrogens is 253 g/mol. The third-order valence-electron chi connectivity index (χ3n) is 1.58. The van der Waals surface area contributed by atoms with Gasteiger partial charge in [-0.05, 0) is 18.2 Å². The molecule has 0 aromatic heterocycles. The van der Waals surface area contributed by atoms with Crippen molar-refractivity contribution in [3.8, 4) is 0 Å². The topological polar surface area (TPSA) is 69.2 Å². The zero-order valence-corrected chi connectivity index (χ0v) is 9.38. The van der Waals surface area contributed by atoms with Gasteiger partial charge in [-0.2, -0.15) is 0 Å². The Bertz CT molecular complexity index is 457. The van der Waals surface area contributed by atoms with Crippen molar-refractivity contribution in [3.63, 3.8) is 0 Å². The average Bonchev–Trinajstić information content (AvgIpc) is 2.22. The SMILES string of the molecule is O=C([O-])C=CC(=O)Nc1cccc(Cl)c1Cl. The van der Waals surface area contributed by atoms with Crippen LogP contribution < -0.4 is 10.4 Å². The first kappa shape index (κ1) is 12.5. The summed E-state index contributed by atoms with van der Waals surface area (Å²) in [5.41, 5.74) is 0.308. The molecule has 0 radical (unpaired) electrons. The van der Waals surface area contributed by atoms with Crippen LogP contribution in [-0.2, 0) is 9.59 Å². The van der Waals surface area contributed by atoms with Gasteiger partial charge in [0.25, 0.3) is 0 Å². The van der Waals surface area contributed by atoms with Gasteiger partial charge < -0.3 is 15.2 Å². The van der Waals surface area contributed by atoms with Crippen molar-refractivity contribution in [1.29, 1.82) is 0 Å². The number of rotatable bonds is 3. The lowest BCUT2D eigenvalue weighted by atomic mass is 10.3. The molecule has 0 fully saturated rings. The number of hydrogen-bond donors (Lipinski definition) is 1. The Labute approximate surface area is 101 Å². The molecule has 0 spiro atoms. The van der Waals surface area contributed by atoms with Gasteiger partial charge in [-0.1, -0.05) is 29.3 Å². The lowest BCUT2D eigenvalue weighted by Crippen LogP contribution is -2.20. The Morgan fingerprint density at radius 1 is 1.25 bits per heavy atom. The van der Waals surface area contributed by atoms with Crippen molar-refractivity contribution < 1.29 is 14.7 Å². The number of hydrogen-bond acceptors (Lipinski definition) is 3. The van der Waals surface area contributed by atoms with Crippen LogP contribution in [0.3, 0.4) is 0 Å². The highest BCUT2D eigenvalue weighted by Crippen LogP contribution is 2.29. The molecule has 0 bridgehead atoms. The summed E-state index contributed by atoms with van der Waals surface area (Å²) < 4.78 is 0. The van der Waals surface area contributed by atoms with Crippen LogP contribution in [0.4, 0.5) is 5.69 Å². The van der Waals surface area contributed by atoms with E-state index in [9.17, 15) is 14.7 Å². The van der Waals surface area contributed by atoms with E-state index in [2.05, 4.69) is 5.32 Å². The van der Waals surface area contributed by atoms with Crippen molar-refractivity contribution in [3.05, 3.63) is 40.4 Å². The fraction of sp³-hybridized carbons (Fsp3) is 0. The number of carboxylic acid groups (broad SMARTS) is 1. The van der Waals surface area contributed by atoms with Crippen molar-refractivity contribution in [2.24, 2.45) is 0 Å². The minimum absolute atomic E-state index is 0.194. The largest absolute Gasteiger partial charge is 0.545 e. The lowest BCUT2D eigenvalue weighted by Gasteiger charge is -2.05. The van der Waals surface area contributed by atoms with E-state index in [1.165, 1.54) is 0 Å².